The number of rotatable bonds is 3. The fraction of sp³-hybridized carbons (Fsp3) is 0.455. The number of hydrogen-bond acceptors (Lipinski definition) is 3. The van der Waals surface area contributed by atoms with Crippen LogP contribution in [0.3, 0.4) is 0 Å². The second-order valence-corrected chi connectivity index (χ2v) is 6.01. The minimum absolute atomic E-state index is 0. The molecule has 0 aliphatic carbocycles. The summed E-state index contributed by atoms with van der Waals surface area (Å²) in [6.45, 7) is 1.17. The molecular formula is C11H14ClF3N2O2S. The van der Waals surface area contributed by atoms with Gasteiger partial charge < -0.3 is 5.32 Å². The fourth-order valence-electron chi connectivity index (χ4n) is 2.02. The van der Waals surface area contributed by atoms with Crippen molar-refractivity contribution in [3.8, 4) is 0 Å². The van der Waals surface area contributed by atoms with Crippen molar-refractivity contribution in [2.24, 2.45) is 0 Å². The molecule has 4 nitrogen and oxygen atoms in total. The van der Waals surface area contributed by atoms with E-state index in [0.717, 1.165) is 13.0 Å². The summed E-state index contributed by atoms with van der Waals surface area (Å²) in [6.07, 6.45) is 1.35. The molecule has 1 unspecified atom stereocenters. The summed E-state index contributed by atoms with van der Waals surface area (Å²) in [7, 11) is -4.34. The van der Waals surface area contributed by atoms with Crippen LogP contribution in [0.5, 0.6) is 0 Å². The van der Waals surface area contributed by atoms with Gasteiger partial charge in [-0.25, -0.2) is 26.3 Å². The van der Waals surface area contributed by atoms with Crippen LogP contribution in [0.15, 0.2) is 17.0 Å². The zero-order valence-electron chi connectivity index (χ0n) is 10.3. The number of halogens is 4. The summed E-state index contributed by atoms with van der Waals surface area (Å²) < 4.78 is 65.7. The molecule has 2 N–H and O–H groups in total. The van der Waals surface area contributed by atoms with Gasteiger partial charge in [-0.2, -0.15) is 0 Å². The number of piperidine rings is 1. The molecule has 0 aromatic heterocycles. The normalized spacial score (nSPS) is 19.4. The predicted molar refractivity (Wildman–Crippen MR) is 69.8 cm³/mol. The van der Waals surface area contributed by atoms with Crippen molar-refractivity contribution in [1.82, 2.24) is 10.0 Å². The highest BCUT2D eigenvalue weighted by molar-refractivity contribution is 7.89. The summed E-state index contributed by atoms with van der Waals surface area (Å²) in [5, 5.41) is 2.97. The third-order valence-corrected chi connectivity index (χ3v) is 4.42. The lowest BCUT2D eigenvalue weighted by Gasteiger charge is -2.23. The maximum atomic E-state index is 13.4. The molecule has 1 aromatic carbocycles. The largest absolute Gasteiger partial charge is 0.315 e. The van der Waals surface area contributed by atoms with Crippen molar-refractivity contribution >= 4 is 22.4 Å². The maximum Gasteiger partial charge on any atom is 0.246 e. The molecule has 1 fully saturated rings. The number of sulfonamides is 1. The Labute approximate surface area is 121 Å². The summed E-state index contributed by atoms with van der Waals surface area (Å²) in [6, 6.07) is 0.260. The standard InChI is InChI=1S/C11H13F3N2O2S.ClH/c12-7-4-9(13)11(10(14)5-7)19(17,18)16-8-2-1-3-15-6-8;/h4-5,8,15-16H,1-3,6H2;1H. The maximum absolute atomic E-state index is 13.4. The fourth-order valence-corrected chi connectivity index (χ4v) is 3.41. The highest BCUT2D eigenvalue weighted by Gasteiger charge is 2.28. The van der Waals surface area contributed by atoms with Gasteiger partial charge in [0.2, 0.25) is 10.0 Å². The van der Waals surface area contributed by atoms with E-state index >= 15 is 0 Å². The average Bonchev–Trinajstić information content (AvgIpc) is 2.27. The van der Waals surface area contributed by atoms with Gasteiger partial charge in [-0.1, -0.05) is 0 Å². The van der Waals surface area contributed by atoms with E-state index in [1.165, 1.54) is 0 Å². The van der Waals surface area contributed by atoms with Crippen LogP contribution in [0.25, 0.3) is 0 Å². The zero-order valence-corrected chi connectivity index (χ0v) is 12.0. The van der Waals surface area contributed by atoms with Crippen molar-refractivity contribution in [3.05, 3.63) is 29.6 Å². The molecule has 1 aliphatic rings. The topological polar surface area (TPSA) is 58.2 Å². The number of benzene rings is 1. The quantitative estimate of drug-likeness (QED) is 0.884. The van der Waals surface area contributed by atoms with Crippen molar-refractivity contribution in [3.63, 3.8) is 0 Å². The van der Waals surface area contributed by atoms with Gasteiger partial charge in [0.15, 0.2) is 4.90 Å². The van der Waals surface area contributed by atoms with Crippen LogP contribution in [-0.2, 0) is 10.0 Å². The number of hydrogen-bond donors (Lipinski definition) is 2. The summed E-state index contributed by atoms with van der Waals surface area (Å²) >= 11 is 0. The molecular weight excluding hydrogens is 317 g/mol. The minimum atomic E-state index is -4.34. The molecule has 0 amide bonds. The van der Waals surface area contributed by atoms with Gasteiger partial charge >= 0.3 is 0 Å². The van der Waals surface area contributed by atoms with Crippen molar-refractivity contribution in [2.75, 3.05) is 13.1 Å². The zero-order chi connectivity index (χ0) is 14.0. The first-order valence-electron chi connectivity index (χ1n) is 5.78. The lowest BCUT2D eigenvalue weighted by molar-refractivity contribution is 0.424. The number of nitrogens with one attached hydrogen (secondary N) is 2. The first kappa shape index (κ1) is 17.2. The lowest BCUT2D eigenvalue weighted by atomic mass is 10.1. The molecule has 1 saturated heterocycles. The van der Waals surface area contributed by atoms with Crippen LogP contribution in [0.4, 0.5) is 13.2 Å². The lowest BCUT2D eigenvalue weighted by Crippen LogP contribution is -2.45. The van der Waals surface area contributed by atoms with Gasteiger partial charge in [0, 0.05) is 24.7 Å². The minimum Gasteiger partial charge on any atom is -0.315 e. The summed E-state index contributed by atoms with van der Waals surface area (Å²) in [4.78, 5) is -1.14. The van der Waals surface area contributed by atoms with E-state index < -0.39 is 38.4 Å². The first-order valence-corrected chi connectivity index (χ1v) is 7.26. The van der Waals surface area contributed by atoms with Crippen LogP contribution < -0.4 is 10.0 Å². The molecule has 1 aromatic rings. The Morgan fingerprint density at radius 1 is 1.20 bits per heavy atom. The van der Waals surface area contributed by atoms with Crippen LogP contribution in [0.1, 0.15) is 12.8 Å². The Hall–Kier alpha value is -0.830. The van der Waals surface area contributed by atoms with Gasteiger partial charge in [-0.05, 0) is 19.4 Å². The smallest absolute Gasteiger partial charge is 0.246 e. The Bertz CT molecular complexity index is 554. The van der Waals surface area contributed by atoms with E-state index in [9.17, 15) is 21.6 Å². The van der Waals surface area contributed by atoms with Crippen LogP contribution in [0, 0.1) is 17.5 Å². The SMILES string of the molecule is Cl.O=S(=O)(NC1CCCNC1)c1c(F)cc(F)cc1F. The van der Waals surface area contributed by atoms with Gasteiger partial charge in [0.25, 0.3) is 0 Å². The molecule has 0 radical (unpaired) electrons. The van der Waals surface area contributed by atoms with E-state index in [2.05, 4.69) is 10.0 Å². The van der Waals surface area contributed by atoms with Crippen molar-refractivity contribution in [2.45, 2.75) is 23.8 Å². The summed E-state index contributed by atoms with van der Waals surface area (Å²) in [5.41, 5.74) is 0. The second kappa shape index (κ2) is 6.75. The Kier molecular flexibility index (Phi) is 5.81. The third kappa shape index (κ3) is 3.85. The molecule has 0 saturated carbocycles. The van der Waals surface area contributed by atoms with Crippen molar-refractivity contribution in [1.29, 1.82) is 0 Å². The highest BCUT2D eigenvalue weighted by atomic mass is 35.5. The molecule has 9 heteroatoms. The van der Waals surface area contributed by atoms with E-state index in [4.69, 9.17) is 0 Å². The summed E-state index contributed by atoms with van der Waals surface area (Å²) in [5.74, 6) is -4.03. The van der Waals surface area contributed by atoms with Crippen LogP contribution >= 0.6 is 12.4 Å². The van der Waals surface area contributed by atoms with E-state index in [0.29, 0.717) is 25.1 Å². The van der Waals surface area contributed by atoms with Crippen LogP contribution in [-0.4, -0.2) is 27.5 Å². The van der Waals surface area contributed by atoms with Gasteiger partial charge in [-0.15, -0.1) is 12.4 Å². The predicted octanol–water partition coefficient (Wildman–Crippen LogP) is 1.56. The van der Waals surface area contributed by atoms with Gasteiger partial charge in [-0.3, -0.25) is 0 Å². The molecule has 0 spiro atoms. The van der Waals surface area contributed by atoms with Crippen LogP contribution in [0.2, 0.25) is 0 Å². The highest BCUT2D eigenvalue weighted by Crippen LogP contribution is 2.20. The molecule has 0 bridgehead atoms. The van der Waals surface area contributed by atoms with Gasteiger partial charge in [0.05, 0.1) is 0 Å². The average molecular weight is 331 g/mol. The van der Waals surface area contributed by atoms with Gasteiger partial charge in [0.1, 0.15) is 17.5 Å². The van der Waals surface area contributed by atoms with E-state index in [-0.39, 0.29) is 12.4 Å². The molecule has 1 heterocycles. The molecule has 1 aliphatic heterocycles. The first-order chi connectivity index (χ1) is 8.90. The molecule has 114 valence electrons. The van der Waals surface area contributed by atoms with E-state index in [1.807, 2.05) is 0 Å². The Morgan fingerprint density at radius 3 is 2.30 bits per heavy atom. The van der Waals surface area contributed by atoms with Crippen molar-refractivity contribution < 1.29 is 21.6 Å². The third-order valence-electron chi connectivity index (χ3n) is 2.85. The Morgan fingerprint density at radius 2 is 1.80 bits per heavy atom. The van der Waals surface area contributed by atoms with E-state index in [1.54, 1.807) is 0 Å². The molecule has 2 rings (SSSR count). The molecule has 20 heavy (non-hydrogen) atoms. The monoisotopic (exact) mass is 330 g/mol. The second-order valence-electron chi connectivity index (χ2n) is 4.36. The Balaban J connectivity index is 0.00000200. The molecule has 1 atom stereocenters.